The van der Waals surface area contributed by atoms with E-state index in [1.165, 1.54) is 0 Å². The number of amides is 1. The number of aliphatic carboxylic acids is 1. The maximum atomic E-state index is 12.6. The topological polar surface area (TPSA) is 87.7 Å². The normalized spacial score (nSPS) is 28.5. The molecule has 0 spiro atoms. The van der Waals surface area contributed by atoms with Crippen molar-refractivity contribution in [1.29, 1.82) is 0 Å². The quantitative estimate of drug-likeness (QED) is 0.692. The van der Waals surface area contributed by atoms with Crippen LogP contribution in [0.2, 0.25) is 0 Å². The van der Waals surface area contributed by atoms with Crippen LogP contribution >= 0.6 is 0 Å². The third kappa shape index (κ3) is 3.06. The molecule has 0 bridgehead atoms. The summed E-state index contributed by atoms with van der Waals surface area (Å²) >= 11 is 0. The standard InChI is InChI=1S/C15H26N2O4/c1-11(2)15(3-6-16-10-15)12(18)17-9-14(13(19)20)4-7-21-8-5-14/h11,16H,3-10H2,1-2H3,(H,17,18)(H,19,20). The van der Waals surface area contributed by atoms with Gasteiger partial charge in [-0.15, -0.1) is 0 Å². The van der Waals surface area contributed by atoms with Gasteiger partial charge in [0.2, 0.25) is 5.91 Å². The summed E-state index contributed by atoms with van der Waals surface area (Å²) in [6, 6.07) is 0. The number of carboxylic acid groups (broad SMARTS) is 1. The highest BCUT2D eigenvalue weighted by atomic mass is 16.5. The van der Waals surface area contributed by atoms with Gasteiger partial charge in [-0.2, -0.15) is 0 Å². The van der Waals surface area contributed by atoms with Crippen LogP contribution in [0.3, 0.4) is 0 Å². The summed E-state index contributed by atoms with van der Waals surface area (Å²) in [6.07, 6.45) is 1.71. The molecule has 0 aromatic carbocycles. The molecular weight excluding hydrogens is 272 g/mol. The molecule has 2 saturated heterocycles. The Morgan fingerprint density at radius 1 is 1.29 bits per heavy atom. The van der Waals surface area contributed by atoms with E-state index in [1.54, 1.807) is 0 Å². The van der Waals surface area contributed by atoms with E-state index >= 15 is 0 Å². The average molecular weight is 298 g/mol. The second kappa shape index (κ2) is 6.32. The number of ether oxygens (including phenoxy) is 1. The maximum Gasteiger partial charge on any atom is 0.311 e. The number of nitrogens with one attached hydrogen (secondary N) is 2. The number of rotatable bonds is 5. The average Bonchev–Trinajstić information content (AvgIpc) is 2.96. The lowest BCUT2D eigenvalue weighted by Crippen LogP contribution is -2.52. The van der Waals surface area contributed by atoms with Gasteiger partial charge in [0.15, 0.2) is 0 Å². The van der Waals surface area contributed by atoms with Crippen LogP contribution in [0.5, 0.6) is 0 Å². The summed E-state index contributed by atoms with van der Waals surface area (Å²) in [4.78, 5) is 24.2. The molecule has 2 aliphatic heterocycles. The largest absolute Gasteiger partial charge is 0.481 e. The molecule has 1 atom stereocenters. The van der Waals surface area contributed by atoms with E-state index in [9.17, 15) is 14.7 Å². The van der Waals surface area contributed by atoms with Gasteiger partial charge in [0.1, 0.15) is 0 Å². The first-order valence-corrected chi connectivity index (χ1v) is 7.73. The molecule has 2 aliphatic rings. The van der Waals surface area contributed by atoms with Gasteiger partial charge < -0.3 is 20.5 Å². The maximum absolute atomic E-state index is 12.6. The Morgan fingerprint density at radius 3 is 2.43 bits per heavy atom. The Hall–Kier alpha value is -1.14. The molecule has 0 radical (unpaired) electrons. The SMILES string of the molecule is CC(C)C1(C(=O)NCC2(C(=O)O)CCOCC2)CCNC1. The molecule has 0 saturated carbocycles. The number of carbonyl (C=O) groups is 2. The highest BCUT2D eigenvalue weighted by Crippen LogP contribution is 2.35. The predicted octanol–water partition coefficient (Wildman–Crippen LogP) is 0.620. The molecule has 0 aliphatic carbocycles. The smallest absolute Gasteiger partial charge is 0.311 e. The van der Waals surface area contributed by atoms with Crippen molar-refractivity contribution in [2.24, 2.45) is 16.7 Å². The molecule has 0 aromatic rings. The number of carboxylic acids is 1. The van der Waals surface area contributed by atoms with E-state index < -0.39 is 16.8 Å². The molecule has 120 valence electrons. The second-order valence-corrected chi connectivity index (χ2v) is 6.62. The zero-order chi connectivity index (χ0) is 15.5. The lowest BCUT2D eigenvalue weighted by molar-refractivity contribution is -0.155. The molecule has 2 heterocycles. The summed E-state index contributed by atoms with van der Waals surface area (Å²) < 4.78 is 5.25. The Bertz CT molecular complexity index is 396. The van der Waals surface area contributed by atoms with E-state index in [1.807, 2.05) is 13.8 Å². The first-order chi connectivity index (χ1) is 9.93. The second-order valence-electron chi connectivity index (χ2n) is 6.62. The van der Waals surface area contributed by atoms with Crippen molar-refractivity contribution in [1.82, 2.24) is 10.6 Å². The van der Waals surface area contributed by atoms with Crippen LogP contribution in [0.25, 0.3) is 0 Å². The number of hydrogen-bond acceptors (Lipinski definition) is 4. The molecule has 3 N–H and O–H groups in total. The van der Waals surface area contributed by atoms with Gasteiger partial charge in [-0.25, -0.2) is 0 Å². The fourth-order valence-electron chi connectivity index (χ4n) is 3.31. The van der Waals surface area contributed by atoms with Gasteiger partial charge in [0, 0.05) is 26.3 Å². The molecule has 6 heteroatoms. The van der Waals surface area contributed by atoms with Gasteiger partial charge in [0.25, 0.3) is 0 Å². The van der Waals surface area contributed by atoms with Crippen molar-refractivity contribution in [3.8, 4) is 0 Å². The summed E-state index contributed by atoms with van der Waals surface area (Å²) in [6.45, 7) is 6.68. The van der Waals surface area contributed by atoms with Crippen LogP contribution in [0, 0.1) is 16.7 Å². The van der Waals surface area contributed by atoms with Gasteiger partial charge in [0.05, 0.1) is 10.8 Å². The van der Waals surface area contributed by atoms with Crippen LogP contribution in [0.15, 0.2) is 0 Å². The van der Waals surface area contributed by atoms with Crippen LogP contribution in [-0.2, 0) is 14.3 Å². The zero-order valence-electron chi connectivity index (χ0n) is 12.9. The fraction of sp³-hybridized carbons (Fsp3) is 0.867. The van der Waals surface area contributed by atoms with Crippen LogP contribution in [-0.4, -0.2) is 49.8 Å². The van der Waals surface area contributed by atoms with E-state index in [0.29, 0.717) is 32.6 Å². The highest BCUT2D eigenvalue weighted by molar-refractivity contribution is 5.84. The van der Waals surface area contributed by atoms with Crippen LogP contribution < -0.4 is 10.6 Å². The minimum absolute atomic E-state index is 0.0189. The predicted molar refractivity (Wildman–Crippen MR) is 77.9 cm³/mol. The summed E-state index contributed by atoms with van der Waals surface area (Å²) in [5.41, 5.74) is -1.29. The number of hydrogen-bond donors (Lipinski definition) is 3. The van der Waals surface area contributed by atoms with Crippen molar-refractivity contribution >= 4 is 11.9 Å². The van der Waals surface area contributed by atoms with Crippen molar-refractivity contribution in [3.05, 3.63) is 0 Å². The van der Waals surface area contributed by atoms with Crippen molar-refractivity contribution in [2.45, 2.75) is 33.1 Å². The lowest BCUT2D eigenvalue weighted by atomic mass is 9.74. The molecular formula is C15H26N2O4. The third-order valence-electron chi connectivity index (χ3n) is 5.24. The minimum Gasteiger partial charge on any atom is -0.481 e. The lowest BCUT2D eigenvalue weighted by Gasteiger charge is -2.36. The first kappa shape index (κ1) is 16.2. The zero-order valence-corrected chi connectivity index (χ0v) is 12.9. The van der Waals surface area contributed by atoms with Crippen molar-refractivity contribution in [2.75, 3.05) is 32.8 Å². The van der Waals surface area contributed by atoms with E-state index in [4.69, 9.17) is 4.74 Å². The van der Waals surface area contributed by atoms with Gasteiger partial charge in [-0.1, -0.05) is 13.8 Å². The van der Waals surface area contributed by atoms with Crippen molar-refractivity contribution in [3.63, 3.8) is 0 Å². The minimum atomic E-state index is -0.877. The molecule has 1 unspecified atom stereocenters. The number of carbonyl (C=O) groups excluding carboxylic acids is 1. The molecule has 21 heavy (non-hydrogen) atoms. The van der Waals surface area contributed by atoms with E-state index in [0.717, 1.165) is 13.0 Å². The molecule has 6 nitrogen and oxygen atoms in total. The summed E-state index contributed by atoms with van der Waals surface area (Å²) in [5, 5.41) is 15.7. The van der Waals surface area contributed by atoms with E-state index in [2.05, 4.69) is 10.6 Å². The Morgan fingerprint density at radius 2 is 1.95 bits per heavy atom. The van der Waals surface area contributed by atoms with Gasteiger partial charge in [-0.3, -0.25) is 9.59 Å². The summed E-state index contributed by atoms with van der Waals surface area (Å²) in [5.74, 6) is -0.633. The highest BCUT2D eigenvalue weighted by Gasteiger charge is 2.46. The molecule has 2 rings (SSSR count). The monoisotopic (exact) mass is 298 g/mol. The third-order valence-corrected chi connectivity index (χ3v) is 5.24. The fourth-order valence-corrected chi connectivity index (χ4v) is 3.31. The first-order valence-electron chi connectivity index (χ1n) is 7.73. The van der Waals surface area contributed by atoms with Crippen LogP contribution in [0.1, 0.15) is 33.1 Å². The van der Waals surface area contributed by atoms with Crippen molar-refractivity contribution < 1.29 is 19.4 Å². The Kier molecular flexibility index (Phi) is 4.88. The molecule has 2 fully saturated rings. The van der Waals surface area contributed by atoms with E-state index in [-0.39, 0.29) is 18.4 Å². The molecule has 1 amide bonds. The Balaban J connectivity index is 2.03. The molecule has 0 aromatic heterocycles. The van der Waals surface area contributed by atoms with Gasteiger partial charge >= 0.3 is 5.97 Å². The summed E-state index contributed by atoms with van der Waals surface area (Å²) in [7, 11) is 0. The Labute approximate surface area is 125 Å². The van der Waals surface area contributed by atoms with Gasteiger partial charge in [-0.05, 0) is 31.7 Å². The van der Waals surface area contributed by atoms with Crippen LogP contribution in [0.4, 0.5) is 0 Å².